The molecule has 0 aliphatic carbocycles. The summed E-state index contributed by atoms with van der Waals surface area (Å²) in [6.07, 6.45) is -2.29. The van der Waals surface area contributed by atoms with Gasteiger partial charge in [0.25, 0.3) is 5.56 Å². The number of aromatic nitrogens is 2. The lowest BCUT2D eigenvalue weighted by atomic mass is 9.73. The average Bonchev–Trinajstić information content (AvgIpc) is 2.71. The monoisotopic (exact) mass is 330 g/mol. The molecule has 2 heterocycles. The van der Waals surface area contributed by atoms with E-state index in [-0.39, 0.29) is 12.0 Å². The third kappa shape index (κ3) is 2.30. The van der Waals surface area contributed by atoms with Gasteiger partial charge in [-0.2, -0.15) is 0 Å². The molecule has 0 unspecified atom stereocenters. The first kappa shape index (κ1) is 17.3. The number of carbonyl (C=O) groups is 1. The highest BCUT2D eigenvalue weighted by Gasteiger charge is 2.70. The summed E-state index contributed by atoms with van der Waals surface area (Å²) in [7, 11) is 0. The highest BCUT2D eigenvalue weighted by molar-refractivity contribution is 5.81. The zero-order valence-corrected chi connectivity index (χ0v) is 12.3. The van der Waals surface area contributed by atoms with Crippen LogP contribution in [0.5, 0.6) is 0 Å². The maximum absolute atomic E-state index is 12.1. The number of H-pyrrole nitrogens is 2. The molecule has 1 aromatic heterocycles. The summed E-state index contributed by atoms with van der Waals surface area (Å²) < 4.78 is 5.46. The number of aliphatic carboxylic acids is 1. The second-order valence-electron chi connectivity index (χ2n) is 5.42. The van der Waals surface area contributed by atoms with Crippen LogP contribution in [0.2, 0.25) is 0 Å². The Hall–Kier alpha value is -2.01. The van der Waals surface area contributed by atoms with Crippen molar-refractivity contribution in [1.82, 2.24) is 9.97 Å². The van der Waals surface area contributed by atoms with Crippen molar-refractivity contribution in [1.29, 1.82) is 0 Å². The fourth-order valence-corrected chi connectivity index (χ4v) is 3.07. The Labute approximate surface area is 129 Å². The van der Waals surface area contributed by atoms with Crippen molar-refractivity contribution in [3.8, 4) is 0 Å². The lowest BCUT2D eigenvalue weighted by Crippen LogP contribution is -2.61. The normalized spacial score (nSPS) is 33.7. The van der Waals surface area contributed by atoms with Crippen LogP contribution in [-0.2, 0) is 15.1 Å². The quantitative estimate of drug-likeness (QED) is 0.347. The molecule has 0 bridgehead atoms. The van der Waals surface area contributed by atoms with E-state index in [1.165, 1.54) is 0 Å². The topological polar surface area (TPSA) is 173 Å². The van der Waals surface area contributed by atoms with Crippen LogP contribution in [0.4, 0.5) is 0 Å². The molecule has 0 aromatic carbocycles. The molecule has 0 saturated carbocycles. The van der Waals surface area contributed by atoms with Crippen LogP contribution in [0.1, 0.15) is 25.3 Å². The van der Waals surface area contributed by atoms with Gasteiger partial charge in [-0.15, -0.1) is 0 Å². The second kappa shape index (κ2) is 5.89. The third-order valence-electron chi connectivity index (χ3n) is 4.11. The van der Waals surface area contributed by atoms with Gasteiger partial charge in [0.2, 0.25) is 5.60 Å². The van der Waals surface area contributed by atoms with E-state index in [9.17, 15) is 34.8 Å². The van der Waals surface area contributed by atoms with Gasteiger partial charge in [0.1, 0.15) is 17.8 Å². The van der Waals surface area contributed by atoms with Crippen LogP contribution in [-0.4, -0.2) is 60.8 Å². The molecule has 1 aromatic rings. The summed E-state index contributed by atoms with van der Waals surface area (Å²) >= 11 is 0. The van der Waals surface area contributed by atoms with E-state index in [1.807, 2.05) is 4.98 Å². The lowest BCUT2D eigenvalue weighted by Gasteiger charge is -2.38. The molecule has 10 nitrogen and oxygen atoms in total. The fraction of sp³-hybridized carbons (Fsp3) is 0.615. The second-order valence-corrected chi connectivity index (χ2v) is 5.42. The number of hydrogen-bond donors (Lipinski definition) is 6. The Morgan fingerprint density at radius 3 is 2.57 bits per heavy atom. The molecule has 128 valence electrons. The van der Waals surface area contributed by atoms with Crippen molar-refractivity contribution in [3.05, 3.63) is 32.6 Å². The van der Waals surface area contributed by atoms with E-state index in [2.05, 4.69) is 4.98 Å². The Balaban J connectivity index is 2.78. The summed E-state index contributed by atoms with van der Waals surface area (Å²) in [4.78, 5) is 39.1. The molecule has 2 rings (SSSR count). The van der Waals surface area contributed by atoms with E-state index in [4.69, 9.17) is 4.74 Å². The van der Waals surface area contributed by atoms with Crippen molar-refractivity contribution < 1.29 is 30.0 Å². The maximum Gasteiger partial charge on any atom is 0.342 e. The predicted molar refractivity (Wildman–Crippen MR) is 74.8 cm³/mol. The molecule has 0 radical (unpaired) electrons. The predicted octanol–water partition coefficient (Wildman–Crippen LogP) is -2.37. The lowest BCUT2D eigenvalue weighted by molar-refractivity contribution is -0.194. The van der Waals surface area contributed by atoms with Crippen LogP contribution >= 0.6 is 0 Å². The van der Waals surface area contributed by atoms with Crippen LogP contribution in [0.15, 0.2) is 15.8 Å². The molecule has 1 saturated heterocycles. The molecule has 1 aliphatic rings. The smallest absolute Gasteiger partial charge is 0.342 e. The molecule has 10 heteroatoms. The Kier molecular flexibility index (Phi) is 4.44. The minimum atomic E-state index is -2.87. The number of aliphatic hydroxyl groups is 3. The number of aliphatic hydroxyl groups excluding tert-OH is 2. The molecule has 1 fully saturated rings. The van der Waals surface area contributed by atoms with Gasteiger partial charge in [0.05, 0.1) is 12.2 Å². The number of rotatable bonds is 5. The van der Waals surface area contributed by atoms with E-state index < -0.39 is 47.2 Å². The maximum atomic E-state index is 12.1. The molecule has 0 spiro atoms. The van der Waals surface area contributed by atoms with Gasteiger partial charge < -0.3 is 30.1 Å². The van der Waals surface area contributed by atoms with Crippen LogP contribution in [0, 0.1) is 0 Å². The third-order valence-corrected chi connectivity index (χ3v) is 4.11. The van der Waals surface area contributed by atoms with Gasteiger partial charge in [-0.25, -0.2) is 9.59 Å². The summed E-state index contributed by atoms with van der Waals surface area (Å²) in [5.74, 6) is -1.81. The first-order valence-electron chi connectivity index (χ1n) is 6.99. The van der Waals surface area contributed by atoms with Crippen LogP contribution in [0.25, 0.3) is 0 Å². The highest BCUT2D eigenvalue weighted by atomic mass is 16.6. The van der Waals surface area contributed by atoms with E-state index in [0.29, 0.717) is 6.42 Å². The van der Waals surface area contributed by atoms with Crippen molar-refractivity contribution in [2.75, 3.05) is 6.61 Å². The fourth-order valence-electron chi connectivity index (χ4n) is 3.07. The standard InChI is InChI=1S/C13H18N2O8/c1-2-3-12(6-4-14-11(21)15-9(6)18)13(22,10(19)20)8(17)7(5-16)23-12/h4,7-8,16-17,22H,2-3,5H2,1H3,(H,19,20)(H2,14,15,18,21)/t7-,8-,12+,13+/m1/s1. The van der Waals surface area contributed by atoms with E-state index in [1.54, 1.807) is 6.92 Å². The van der Waals surface area contributed by atoms with Gasteiger partial charge in [-0.3, -0.25) is 9.78 Å². The minimum Gasteiger partial charge on any atom is -0.479 e. The first-order valence-corrected chi connectivity index (χ1v) is 6.99. The number of hydrogen-bond acceptors (Lipinski definition) is 7. The van der Waals surface area contributed by atoms with E-state index in [0.717, 1.165) is 6.20 Å². The van der Waals surface area contributed by atoms with Gasteiger partial charge >= 0.3 is 11.7 Å². The van der Waals surface area contributed by atoms with Gasteiger partial charge in [-0.05, 0) is 6.42 Å². The highest BCUT2D eigenvalue weighted by Crippen LogP contribution is 2.49. The van der Waals surface area contributed by atoms with Gasteiger partial charge in [-0.1, -0.05) is 13.3 Å². The first-order chi connectivity index (χ1) is 10.7. The summed E-state index contributed by atoms with van der Waals surface area (Å²) in [5.41, 5.74) is -7.12. The van der Waals surface area contributed by atoms with Crippen molar-refractivity contribution in [2.24, 2.45) is 0 Å². The molecule has 23 heavy (non-hydrogen) atoms. The van der Waals surface area contributed by atoms with Gasteiger partial charge in [0, 0.05) is 6.20 Å². The number of nitrogens with one attached hydrogen (secondary N) is 2. The summed E-state index contributed by atoms with van der Waals surface area (Å²) in [6, 6.07) is 0. The summed E-state index contributed by atoms with van der Waals surface area (Å²) in [5, 5.41) is 39.6. The molecule has 1 aliphatic heterocycles. The number of aromatic amines is 2. The van der Waals surface area contributed by atoms with Crippen molar-refractivity contribution in [2.45, 2.75) is 43.2 Å². The summed E-state index contributed by atoms with van der Waals surface area (Å²) in [6.45, 7) is 0.898. The van der Waals surface area contributed by atoms with Gasteiger partial charge in [0.15, 0.2) is 0 Å². The number of ether oxygens (including phenoxy) is 1. The Morgan fingerprint density at radius 2 is 2.09 bits per heavy atom. The number of carboxylic acid groups (broad SMARTS) is 1. The minimum absolute atomic E-state index is 0.140. The Morgan fingerprint density at radius 1 is 1.43 bits per heavy atom. The number of carboxylic acids is 1. The zero-order chi connectivity index (χ0) is 17.4. The van der Waals surface area contributed by atoms with Crippen molar-refractivity contribution in [3.63, 3.8) is 0 Å². The average molecular weight is 330 g/mol. The van der Waals surface area contributed by atoms with E-state index >= 15 is 0 Å². The van der Waals surface area contributed by atoms with Crippen molar-refractivity contribution >= 4 is 5.97 Å². The molecule has 0 amide bonds. The molecule has 4 atom stereocenters. The van der Waals surface area contributed by atoms with Crippen LogP contribution in [0.3, 0.4) is 0 Å². The molecular weight excluding hydrogens is 312 g/mol. The zero-order valence-electron chi connectivity index (χ0n) is 12.3. The van der Waals surface area contributed by atoms with Crippen LogP contribution < -0.4 is 11.2 Å². The SMILES string of the molecule is CCC[C@@]1(c2c[nH]c(=O)[nH]c2=O)O[C@H](CO)[C@@H](O)[C@]1(O)C(=O)O. The Bertz CT molecular complexity index is 712. The molecule has 6 N–H and O–H groups in total. The largest absolute Gasteiger partial charge is 0.479 e. The molecular formula is C13H18N2O8.